The molecular formula is C23H20ClFN2O2. The third kappa shape index (κ3) is 5.21. The predicted octanol–water partition coefficient (Wildman–Crippen LogP) is 4.16. The van der Waals surface area contributed by atoms with Gasteiger partial charge in [0.2, 0.25) is 5.91 Å². The van der Waals surface area contributed by atoms with Gasteiger partial charge >= 0.3 is 0 Å². The minimum atomic E-state index is -0.688. The van der Waals surface area contributed by atoms with Crippen molar-refractivity contribution in [1.82, 2.24) is 10.6 Å². The summed E-state index contributed by atoms with van der Waals surface area (Å²) < 4.78 is 13.8. The first-order chi connectivity index (χ1) is 14.1. The SMILES string of the molecule is O=C(NCCNC(=O)C(c1ccccc1)c1ccccc1)c1c(F)cccc1Cl. The zero-order valence-electron chi connectivity index (χ0n) is 15.6. The smallest absolute Gasteiger partial charge is 0.255 e. The van der Waals surface area contributed by atoms with E-state index in [0.717, 1.165) is 11.1 Å². The molecule has 6 heteroatoms. The molecule has 3 aromatic carbocycles. The second-order valence-electron chi connectivity index (χ2n) is 6.40. The van der Waals surface area contributed by atoms with Crippen molar-refractivity contribution < 1.29 is 14.0 Å². The summed E-state index contributed by atoms with van der Waals surface area (Å²) in [5, 5.41) is 5.45. The van der Waals surface area contributed by atoms with E-state index in [4.69, 9.17) is 11.6 Å². The van der Waals surface area contributed by atoms with E-state index in [-0.39, 0.29) is 29.6 Å². The fourth-order valence-corrected chi connectivity index (χ4v) is 3.30. The summed E-state index contributed by atoms with van der Waals surface area (Å²) in [4.78, 5) is 25.0. The van der Waals surface area contributed by atoms with Crippen molar-refractivity contribution in [1.29, 1.82) is 0 Å². The van der Waals surface area contributed by atoms with Crippen LogP contribution in [0, 0.1) is 5.82 Å². The number of carbonyl (C=O) groups excluding carboxylic acids is 2. The van der Waals surface area contributed by atoms with Crippen LogP contribution in [0.1, 0.15) is 27.4 Å². The summed E-state index contributed by atoms with van der Waals surface area (Å²) in [7, 11) is 0. The van der Waals surface area contributed by atoms with Gasteiger partial charge in [0.25, 0.3) is 5.91 Å². The minimum absolute atomic E-state index is 0.0414. The number of rotatable bonds is 7. The van der Waals surface area contributed by atoms with E-state index in [1.807, 2.05) is 60.7 Å². The quantitative estimate of drug-likeness (QED) is 0.575. The van der Waals surface area contributed by atoms with Gasteiger partial charge in [0.05, 0.1) is 16.5 Å². The molecule has 0 heterocycles. The molecule has 0 saturated carbocycles. The number of hydrogen-bond donors (Lipinski definition) is 2. The van der Waals surface area contributed by atoms with Crippen molar-refractivity contribution in [2.24, 2.45) is 0 Å². The maximum atomic E-state index is 13.8. The third-order valence-electron chi connectivity index (χ3n) is 4.43. The first-order valence-corrected chi connectivity index (χ1v) is 9.55. The topological polar surface area (TPSA) is 58.2 Å². The summed E-state index contributed by atoms with van der Waals surface area (Å²) in [5.41, 5.74) is 1.55. The normalized spacial score (nSPS) is 10.6. The van der Waals surface area contributed by atoms with E-state index >= 15 is 0 Å². The number of halogens is 2. The number of benzene rings is 3. The summed E-state index contributed by atoms with van der Waals surface area (Å²) in [6, 6.07) is 23.0. The number of carbonyl (C=O) groups is 2. The summed E-state index contributed by atoms with van der Waals surface area (Å²) in [6.07, 6.45) is 0. The van der Waals surface area contributed by atoms with Crippen LogP contribution in [-0.4, -0.2) is 24.9 Å². The number of nitrogens with one attached hydrogen (secondary N) is 2. The molecule has 148 valence electrons. The molecule has 0 radical (unpaired) electrons. The van der Waals surface area contributed by atoms with Crippen molar-refractivity contribution in [2.45, 2.75) is 5.92 Å². The average Bonchev–Trinajstić information content (AvgIpc) is 2.73. The highest BCUT2D eigenvalue weighted by Gasteiger charge is 2.22. The molecule has 0 aliphatic rings. The van der Waals surface area contributed by atoms with Gasteiger partial charge in [0, 0.05) is 13.1 Å². The highest BCUT2D eigenvalue weighted by molar-refractivity contribution is 6.33. The Kier molecular flexibility index (Phi) is 6.98. The standard InChI is InChI=1S/C23H20ClFN2O2/c24-18-12-7-13-19(25)21(18)23(29)27-15-14-26-22(28)20(16-8-3-1-4-9-16)17-10-5-2-6-11-17/h1-13,20H,14-15H2,(H,26,28)(H,27,29). The van der Waals surface area contributed by atoms with Gasteiger partial charge in [-0.3, -0.25) is 9.59 Å². The minimum Gasteiger partial charge on any atom is -0.354 e. The second-order valence-corrected chi connectivity index (χ2v) is 6.81. The first kappa shape index (κ1) is 20.6. The Bertz CT molecular complexity index is 921. The molecule has 2 amide bonds. The summed E-state index contributed by atoms with van der Waals surface area (Å²) in [6.45, 7) is 0.346. The van der Waals surface area contributed by atoms with Crippen LogP contribution in [0.3, 0.4) is 0 Å². The molecule has 0 aliphatic carbocycles. The van der Waals surface area contributed by atoms with Crippen LogP contribution in [0.15, 0.2) is 78.9 Å². The Balaban J connectivity index is 1.62. The molecule has 0 bridgehead atoms. The van der Waals surface area contributed by atoms with Crippen molar-refractivity contribution in [3.8, 4) is 0 Å². The Morgan fingerprint density at radius 3 is 1.90 bits per heavy atom. The lowest BCUT2D eigenvalue weighted by Gasteiger charge is -2.18. The predicted molar refractivity (Wildman–Crippen MR) is 111 cm³/mol. The molecule has 2 N–H and O–H groups in total. The van der Waals surface area contributed by atoms with Crippen LogP contribution in [0.25, 0.3) is 0 Å². The van der Waals surface area contributed by atoms with Crippen LogP contribution in [0.4, 0.5) is 4.39 Å². The Labute approximate surface area is 173 Å². The lowest BCUT2D eigenvalue weighted by atomic mass is 9.90. The molecule has 0 unspecified atom stereocenters. The summed E-state index contributed by atoms with van der Waals surface area (Å²) in [5.74, 6) is -1.95. The van der Waals surface area contributed by atoms with E-state index < -0.39 is 17.6 Å². The lowest BCUT2D eigenvalue weighted by Crippen LogP contribution is -2.37. The number of amides is 2. The van der Waals surface area contributed by atoms with Crippen molar-refractivity contribution in [3.63, 3.8) is 0 Å². The monoisotopic (exact) mass is 410 g/mol. The van der Waals surface area contributed by atoms with Gasteiger partial charge in [0.15, 0.2) is 0 Å². The van der Waals surface area contributed by atoms with E-state index in [2.05, 4.69) is 10.6 Å². The van der Waals surface area contributed by atoms with E-state index in [1.54, 1.807) is 0 Å². The molecule has 0 aromatic heterocycles. The zero-order chi connectivity index (χ0) is 20.6. The average molecular weight is 411 g/mol. The molecule has 29 heavy (non-hydrogen) atoms. The third-order valence-corrected chi connectivity index (χ3v) is 4.74. The van der Waals surface area contributed by atoms with E-state index in [1.165, 1.54) is 18.2 Å². The zero-order valence-corrected chi connectivity index (χ0v) is 16.3. The molecular weight excluding hydrogens is 391 g/mol. The van der Waals surface area contributed by atoms with E-state index in [9.17, 15) is 14.0 Å². The molecule has 0 fully saturated rings. The van der Waals surface area contributed by atoms with Gasteiger partial charge < -0.3 is 10.6 Å². The number of hydrogen-bond acceptors (Lipinski definition) is 2. The fraction of sp³-hybridized carbons (Fsp3) is 0.130. The van der Waals surface area contributed by atoms with Gasteiger partial charge in [-0.1, -0.05) is 78.3 Å². The van der Waals surface area contributed by atoms with Crippen LogP contribution in [0.2, 0.25) is 5.02 Å². The molecule has 0 spiro atoms. The maximum absolute atomic E-state index is 13.8. The highest BCUT2D eigenvalue weighted by atomic mass is 35.5. The molecule has 0 aliphatic heterocycles. The molecule has 0 saturated heterocycles. The van der Waals surface area contributed by atoms with Gasteiger partial charge in [-0.25, -0.2) is 4.39 Å². The van der Waals surface area contributed by atoms with Crippen LogP contribution in [-0.2, 0) is 4.79 Å². The first-order valence-electron chi connectivity index (χ1n) is 9.17. The Hall–Kier alpha value is -3.18. The van der Waals surface area contributed by atoms with Gasteiger partial charge in [-0.15, -0.1) is 0 Å². The van der Waals surface area contributed by atoms with Crippen molar-refractivity contribution in [3.05, 3.63) is 106 Å². The molecule has 3 rings (SSSR count). The largest absolute Gasteiger partial charge is 0.354 e. The Morgan fingerprint density at radius 1 is 0.793 bits per heavy atom. The summed E-state index contributed by atoms with van der Waals surface area (Å²) >= 11 is 5.89. The molecule has 0 atom stereocenters. The second kappa shape index (κ2) is 9.85. The molecule has 4 nitrogen and oxygen atoms in total. The van der Waals surface area contributed by atoms with Gasteiger partial charge in [-0.2, -0.15) is 0 Å². The lowest BCUT2D eigenvalue weighted by molar-refractivity contribution is -0.121. The van der Waals surface area contributed by atoms with Crippen LogP contribution < -0.4 is 10.6 Å². The fourth-order valence-electron chi connectivity index (χ4n) is 3.05. The van der Waals surface area contributed by atoms with E-state index in [0.29, 0.717) is 0 Å². The van der Waals surface area contributed by atoms with Gasteiger partial charge in [0.1, 0.15) is 5.82 Å². The maximum Gasteiger partial charge on any atom is 0.255 e. The van der Waals surface area contributed by atoms with Crippen molar-refractivity contribution in [2.75, 3.05) is 13.1 Å². The van der Waals surface area contributed by atoms with Crippen molar-refractivity contribution >= 4 is 23.4 Å². The van der Waals surface area contributed by atoms with Gasteiger partial charge in [-0.05, 0) is 23.3 Å². The van der Waals surface area contributed by atoms with Crippen LogP contribution in [0.5, 0.6) is 0 Å². The Morgan fingerprint density at radius 2 is 1.34 bits per heavy atom. The molecule has 3 aromatic rings. The highest BCUT2D eigenvalue weighted by Crippen LogP contribution is 2.24. The van der Waals surface area contributed by atoms with Crippen LogP contribution >= 0.6 is 11.6 Å².